The second-order valence-electron chi connectivity index (χ2n) is 5.64. The highest BCUT2D eigenvalue weighted by molar-refractivity contribution is 7.94. The molecule has 2 aromatic rings. The van der Waals surface area contributed by atoms with Crippen LogP contribution in [0.25, 0.3) is 0 Å². The Balaban J connectivity index is 1.90. The van der Waals surface area contributed by atoms with E-state index in [9.17, 15) is 21.6 Å². The number of sulfonamides is 2. The molecule has 0 unspecified atom stereocenters. The number of hydrogen-bond acceptors (Lipinski definition) is 5. The molecule has 7 nitrogen and oxygen atoms in total. The van der Waals surface area contributed by atoms with Crippen LogP contribution in [0.1, 0.15) is 12.0 Å². The molecule has 0 saturated carbocycles. The van der Waals surface area contributed by atoms with Crippen LogP contribution in [0.15, 0.2) is 53.4 Å². The van der Waals surface area contributed by atoms with Crippen LogP contribution < -0.4 is 9.03 Å². The fraction of sp³-hybridized carbons (Fsp3) is 0.188. The number of anilines is 2. The summed E-state index contributed by atoms with van der Waals surface area (Å²) in [6.07, 6.45) is -0.0722. The standard InChI is InChI=1S/C16H16N2O5S2/c1-12-4-2-3-5-15(12)17-25(22,23)14-8-6-13(7-9-14)18-16(19)10-11-24(18,20)21/h2-9,17H,10-11H2,1H3. The largest absolute Gasteiger partial charge is 0.279 e. The number of hydrogen-bond donors (Lipinski definition) is 1. The van der Waals surface area contributed by atoms with Crippen molar-refractivity contribution in [1.82, 2.24) is 0 Å². The molecule has 25 heavy (non-hydrogen) atoms. The molecule has 1 saturated heterocycles. The third kappa shape index (κ3) is 3.38. The van der Waals surface area contributed by atoms with Crippen LogP contribution in [0, 0.1) is 6.92 Å². The molecule has 0 radical (unpaired) electrons. The molecular weight excluding hydrogens is 364 g/mol. The van der Waals surface area contributed by atoms with E-state index in [0.29, 0.717) is 5.69 Å². The maximum absolute atomic E-state index is 12.5. The van der Waals surface area contributed by atoms with Gasteiger partial charge in [-0.25, -0.2) is 21.1 Å². The smallest absolute Gasteiger partial charge is 0.261 e. The summed E-state index contributed by atoms with van der Waals surface area (Å²) in [5.41, 5.74) is 1.37. The highest BCUT2D eigenvalue weighted by Crippen LogP contribution is 2.27. The lowest BCUT2D eigenvalue weighted by Crippen LogP contribution is -2.29. The normalized spacial score (nSPS) is 16.8. The van der Waals surface area contributed by atoms with Crippen molar-refractivity contribution in [2.24, 2.45) is 0 Å². The number of para-hydroxylation sites is 1. The van der Waals surface area contributed by atoms with Gasteiger partial charge in [-0.05, 0) is 42.8 Å². The first-order chi connectivity index (χ1) is 11.7. The maximum atomic E-state index is 12.5. The number of carbonyl (C=O) groups is 1. The lowest BCUT2D eigenvalue weighted by atomic mass is 10.2. The van der Waals surface area contributed by atoms with Gasteiger partial charge >= 0.3 is 0 Å². The predicted molar refractivity (Wildman–Crippen MR) is 94.3 cm³/mol. The van der Waals surface area contributed by atoms with E-state index < -0.39 is 26.0 Å². The zero-order valence-electron chi connectivity index (χ0n) is 13.3. The summed E-state index contributed by atoms with van der Waals surface area (Å²) in [5, 5.41) is 0. The van der Waals surface area contributed by atoms with Crippen molar-refractivity contribution in [3.05, 3.63) is 54.1 Å². The van der Waals surface area contributed by atoms with E-state index in [1.54, 1.807) is 31.2 Å². The molecule has 9 heteroatoms. The number of aryl methyl sites for hydroxylation is 1. The zero-order chi connectivity index (χ0) is 18.2. The van der Waals surface area contributed by atoms with Crippen LogP contribution in [0.4, 0.5) is 11.4 Å². The van der Waals surface area contributed by atoms with Gasteiger partial charge in [0, 0.05) is 6.42 Å². The Morgan fingerprint density at radius 1 is 1.04 bits per heavy atom. The van der Waals surface area contributed by atoms with Crippen molar-refractivity contribution >= 4 is 37.3 Å². The Morgan fingerprint density at radius 3 is 2.24 bits per heavy atom. The van der Waals surface area contributed by atoms with Crippen molar-refractivity contribution in [3.8, 4) is 0 Å². The third-order valence-electron chi connectivity index (χ3n) is 3.85. The molecule has 0 atom stereocenters. The highest BCUT2D eigenvalue weighted by atomic mass is 32.2. The molecule has 1 aliphatic heterocycles. The van der Waals surface area contributed by atoms with Gasteiger partial charge in [0.15, 0.2) is 0 Å². The van der Waals surface area contributed by atoms with Crippen molar-refractivity contribution < 1.29 is 21.6 Å². The van der Waals surface area contributed by atoms with E-state index >= 15 is 0 Å². The average Bonchev–Trinajstić information content (AvgIpc) is 2.83. The molecule has 1 aliphatic rings. The highest BCUT2D eigenvalue weighted by Gasteiger charge is 2.36. The Morgan fingerprint density at radius 2 is 1.68 bits per heavy atom. The Hall–Kier alpha value is -2.39. The molecule has 2 aromatic carbocycles. The SMILES string of the molecule is Cc1ccccc1NS(=O)(=O)c1ccc(N2C(=O)CCS2(=O)=O)cc1. The molecule has 1 fully saturated rings. The van der Waals surface area contributed by atoms with Gasteiger partial charge in [0.2, 0.25) is 15.9 Å². The van der Waals surface area contributed by atoms with E-state index in [0.717, 1.165) is 9.87 Å². The third-order valence-corrected chi connectivity index (χ3v) is 6.92. The molecule has 0 aliphatic carbocycles. The summed E-state index contributed by atoms with van der Waals surface area (Å²) < 4.78 is 52.0. The van der Waals surface area contributed by atoms with Crippen molar-refractivity contribution in [1.29, 1.82) is 0 Å². The minimum atomic E-state index is -3.82. The van der Waals surface area contributed by atoms with Crippen LogP contribution in [-0.2, 0) is 24.8 Å². The van der Waals surface area contributed by atoms with Gasteiger partial charge in [0.1, 0.15) is 0 Å². The summed E-state index contributed by atoms with van der Waals surface area (Å²) in [7, 11) is -7.49. The first-order valence-electron chi connectivity index (χ1n) is 7.45. The predicted octanol–water partition coefficient (Wildman–Crippen LogP) is 1.86. The molecule has 1 heterocycles. The second kappa shape index (κ2) is 6.16. The molecule has 132 valence electrons. The van der Waals surface area contributed by atoms with Crippen molar-refractivity contribution in [2.75, 3.05) is 14.8 Å². The van der Waals surface area contributed by atoms with Crippen LogP contribution in [0.2, 0.25) is 0 Å². The lowest BCUT2D eigenvalue weighted by Gasteiger charge is -2.15. The first-order valence-corrected chi connectivity index (χ1v) is 10.5. The minimum Gasteiger partial charge on any atom is -0.279 e. The van der Waals surface area contributed by atoms with E-state index in [1.807, 2.05) is 0 Å². The minimum absolute atomic E-state index is 0.0245. The average molecular weight is 380 g/mol. The number of benzene rings is 2. The van der Waals surface area contributed by atoms with Crippen LogP contribution in [-0.4, -0.2) is 28.5 Å². The number of amides is 1. The van der Waals surface area contributed by atoms with Gasteiger partial charge in [-0.2, -0.15) is 0 Å². The number of nitrogens with one attached hydrogen (secondary N) is 1. The Bertz CT molecular complexity index is 1030. The lowest BCUT2D eigenvalue weighted by molar-refractivity contribution is -0.116. The monoisotopic (exact) mass is 380 g/mol. The molecule has 1 amide bonds. The van der Waals surface area contributed by atoms with Crippen LogP contribution >= 0.6 is 0 Å². The molecular formula is C16H16N2O5S2. The van der Waals surface area contributed by atoms with E-state index in [1.165, 1.54) is 24.3 Å². The summed E-state index contributed by atoms with van der Waals surface area (Å²) >= 11 is 0. The fourth-order valence-corrected chi connectivity index (χ4v) is 5.11. The number of nitrogens with zero attached hydrogens (tertiary/aromatic N) is 1. The number of carbonyl (C=O) groups excluding carboxylic acids is 1. The van der Waals surface area contributed by atoms with Gasteiger partial charge in [-0.3, -0.25) is 9.52 Å². The summed E-state index contributed by atoms with van der Waals surface area (Å²) in [6.45, 7) is 1.78. The van der Waals surface area contributed by atoms with Gasteiger partial charge in [-0.1, -0.05) is 18.2 Å². The fourth-order valence-electron chi connectivity index (χ4n) is 2.52. The quantitative estimate of drug-likeness (QED) is 0.873. The molecule has 3 rings (SSSR count). The molecule has 0 aromatic heterocycles. The Labute approximate surface area is 146 Å². The van der Waals surface area contributed by atoms with Gasteiger partial charge in [0.25, 0.3) is 10.0 Å². The second-order valence-corrected chi connectivity index (χ2v) is 9.26. The van der Waals surface area contributed by atoms with Gasteiger partial charge < -0.3 is 0 Å². The Kier molecular flexibility index (Phi) is 4.29. The van der Waals surface area contributed by atoms with Gasteiger partial charge in [0.05, 0.1) is 22.0 Å². The summed E-state index contributed by atoms with van der Waals surface area (Å²) in [5.74, 6) is -0.755. The zero-order valence-corrected chi connectivity index (χ0v) is 15.0. The molecule has 0 bridgehead atoms. The van der Waals surface area contributed by atoms with Crippen LogP contribution in [0.3, 0.4) is 0 Å². The first kappa shape index (κ1) is 17.4. The van der Waals surface area contributed by atoms with E-state index in [4.69, 9.17) is 0 Å². The topological polar surface area (TPSA) is 101 Å². The molecule has 1 N–H and O–H groups in total. The van der Waals surface area contributed by atoms with E-state index in [2.05, 4.69) is 4.72 Å². The van der Waals surface area contributed by atoms with Crippen molar-refractivity contribution in [2.45, 2.75) is 18.2 Å². The maximum Gasteiger partial charge on any atom is 0.261 e. The van der Waals surface area contributed by atoms with Crippen LogP contribution in [0.5, 0.6) is 0 Å². The number of rotatable bonds is 4. The summed E-state index contributed by atoms with van der Waals surface area (Å²) in [4.78, 5) is 11.7. The summed E-state index contributed by atoms with van der Waals surface area (Å²) in [6, 6.07) is 12.1. The molecule has 0 spiro atoms. The van der Waals surface area contributed by atoms with Gasteiger partial charge in [-0.15, -0.1) is 0 Å². The van der Waals surface area contributed by atoms with E-state index in [-0.39, 0.29) is 22.8 Å². The van der Waals surface area contributed by atoms with Crippen molar-refractivity contribution in [3.63, 3.8) is 0 Å².